The van der Waals surface area contributed by atoms with Crippen LogP contribution >= 0.6 is 23.4 Å². The molecule has 0 bridgehead atoms. The third kappa shape index (κ3) is 2.87. The zero-order chi connectivity index (χ0) is 16.3. The van der Waals surface area contributed by atoms with E-state index < -0.39 is 5.41 Å². The fourth-order valence-electron chi connectivity index (χ4n) is 3.17. The maximum absolute atomic E-state index is 10.5. The lowest BCUT2D eigenvalue weighted by Gasteiger charge is -2.29. The Hall–Kier alpha value is -1.83. The van der Waals surface area contributed by atoms with E-state index in [0.717, 1.165) is 27.3 Å². The van der Waals surface area contributed by atoms with Crippen LogP contribution in [0.25, 0.3) is 0 Å². The zero-order valence-electron chi connectivity index (χ0n) is 12.5. The Morgan fingerprint density at radius 3 is 2.87 bits per heavy atom. The normalized spacial score (nSPS) is 19.1. The van der Waals surface area contributed by atoms with Gasteiger partial charge in [-0.2, -0.15) is 10.2 Å². The predicted octanol–water partition coefficient (Wildman–Crippen LogP) is 5.30. The van der Waals surface area contributed by atoms with E-state index in [1.54, 1.807) is 11.8 Å². The molecule has 116 valence electrons. The molecule has 0 spiro atoms. The SMILES string of the molecule is N#CC1(CCCN=O)c2cc(Cl)ccc2CSc2ccccc21. The Labute approximate surface area is 144 Å². The number of rotatable bonds is 4. The topological polar surface area (TPSA) is 53.2 Å². The molecule has 1 unspecified atom stereocenters. The number of thioether (sulfide) groups is 1. The van der Waals surface area contributed by atoms with Gasteiger partial charge in [-0.15, -0.1) is 11.8 Å². The molecule has 1 aliphatic heterocycles. The molecule has 3 nitrogen and oxygen atoms in total. The number of nitroso groups, excluding NO2 is 1. The van der Waals surface area contributed by atoms with Gasteiger partial charge in [0.2, 0.25) is 0 Å². The van der Waals surface area contributed by atoms with Gasteiger partial charge in [-0.3, -0.25) is 0 Å². The molecule has 1 aliphatic rings. The van der Waals surface area contributed by atoms with Gasteiger partial charge in [0.15, 0.2) is 0 Å². The van der Waals surface area contributed by atoms with Gasteiger partial charge in [0.05, 0.1) is 12.6 Å². The second-order valence-electron chi connectivity index (χ2n) is 5.56. The van der Waals surface area contributed by atoms with Crippen molar-refractivity contribution in [3.63, 3.8) is 0 Å². The van der Waals surface area contributed by atoms with Crippen molar-refractivity contribution < 1.29 is 0 Å². The summed E-state index contributed by atoms with van der Waals surface area (Å²) in [6.07, 6.45) is 1.13. The van der Waals surface area contributed by atoms with Crippen LogP contribution in [0.15, 0.2) is 52.5 Å². The Morgan fingerprint density at radius 2 is 2.09 bits per heavy atom. The van der Waals surface area contributed by atoms with E-state index in [2.05, 4.69) is 17.3 Å². The minimum atomic E-state index is -0.787. The summed E-state index contributed by atoms with van der Waals surface area (Å²) in [7, 11) is 0. The van der Waals surface area contributed by atoms with Gasteiger partial charge in [0.1, 0.15) is 5.41 Å². The highest BCUT2D eigenvalue weighted by molar-refractivity contribution is 7.98. The molecule has 23 heavy (non-hydrogen) atoms. The summed E-state index contributed by atoms with van der Waals surface area (Å²) in [4.78, 5) is 11.6. The predicted molar refractivity (Wildman–Crippen MR) is 93.7 cm³/mol. The molecule has 2 aromatic rings. The molecule has 1 heterocycles. The number of fused-ring (bicyclic) bond motifs is 2. The lowest BCUT2D eigenvalue weighted by atomic mass is 9.71. The molecule has 3 rings (SSSR count). The van der Waals surface area contributed by atoms with Crippen LogP contribution in [0.2, 0.25) is 5.02 Å². The summed E-state index contributed by atoms with van der Waals surface area (Å²) < 4.78 is 0. The van der Waals surface area contributed by atoms with Crippen LogP contribution in [0.5, 0.6) is 0 Å². The summed E-state index contributed by atoms with van der Waals surface area (Å²) in [5.74, 6) is 0.804. The van der Waals surface area contributed by atoms with Gasteiger partial charge in [-0.25, -0.2) is 0 Å². The highest BCUT2D eigenvalue weighted by Gasteiger charge is 2.39. The molecule has 1 atom stereocenters. The fourth-order valence-corrected chi connectivity index (χ4v) is 4.48. The fraction of sp³-hybridized carbons (Fsp3) is 0.278. The van der Waals surface area contributed by atoms with Gasteiger partial charge in [0, 0.05) is 15.7 Å². The monoisotopic (exact) mass is 342 g/mol. The van der Waals surface area contributed by atoms with Crippen LogP contribution in [0.3, 0.4) is 0 Å². The largest absolute Gasteiger partial charge is 0.197 e. The van der Waals surface area contributed by atoms with E-state index in [4.69, 9.17) is 11.6 Å². The Kier molecular flexibility index (Phi) is 4.70. The van der Waals surface area contributed by atoms with Gasteiger partial charge < -0.3 is 0 Å². The molecule has 0 fully saturated rings. The van der Waals surface area contributed by atoms with Crippen molar-refractivity contribution >= 4 is 23.4 Å². The molecule has 5 heteroatoms. The summed E-state index contributed by atoms with van der Waals surface area (Å²) >= 11 is 7.95. The first-order valence-electron chi connectivity index (χ1n) is 7.43. The summed E-state index contributed by atoms with van der Waals surface area (Å²) in [6.45, 7) is 0.217. The van der Waals surface area contributed by atoms with Gasteiger partial charge in [0.25, 0.3) is 0 Å². The number of hydrogen-bond acceptors (Lipinski definition) is 4. The van der Waals surface area contributed by atoms with Crippen LogP contribution in [-0.4, -0.2) is 6.54 Å². The smallest absolute Gasteiger partial charge is 0.109 e. The Bertz CT molecular complexity index is 787. The van der Waals surface area contributed by atoms with E-state index in [-0.39, 0.29) is 6.54 Å². The van der Waals surface area contributed by atoms with E-state index in [0.29, 0.717) is 17.9 Å². The number of hydrogen-bond donors (Lipinski definition) is 0. The third-order valence-electron chi connectivity index (χ3n) is 4.25. The van der Waals surface area contributed by atoms with E-state index in [1.165, 1.54) is 0 Å². The van der Waals surface area contributed by atoms with Crippen LogP contribution < -0.4 is 0 Å². The lowest BCUT2D eigenvalue weighted by molar-refractivity contribution is 0.557. The maximum Gasteiger partial charge on any atom is 0.109 e. The van der Waals surface area contributed by atoms with Crippen molar-refractivity contribution in [3.8, 4) is 6.07 Å². The molecular formula is C18H15ClN2OS. The summed E-state index contributed by atoms with van der Waals surface area (Å²) in [5.41, 5.74) is 2.29. The number of halogens is 1. The molecule has 0 saturated carbocycles. The van der Waals surface area contributed by atoms with Gasteiger partial charge in [-0.05, 0) is 47.7 Å². The number of nitriles is 1. The minimum Gasteiger partial charge on any atom is -0.197 e. The van der Waals surface area contributed by atoms with Crippen molar-refractivity contribution in [1.82, 2.24) is 0 Å². The van der Waals surface area contributed by atoms with Crippen molar-refractivity contribution in [2.75, 3.05) is 6.54 Å². The average molecular weight is 343 g/mol. The summed E-state index contributed by atoms with van der Waals surface area (Å²) in [6, 6.07) is 16.3. The van der Waals surface area contributed by atoms with Crippen LogP contribution in [0, 0.1) is 16.2 Å². The van der Waals surface area contributed by atoms with Gasteiger partial charge in [-0.1, -0.05) is 41.0 Å². The molecule has 0 aromatic heterocycles. The molecular weight excluding hydrogens is 328 g/mol. The molecule has 0 saturated heterocycles. The molecule has 2 aromatic carbocycles. The average Bonchev–Trinajstić information content (AvgIpc) is 2.71. The van der Waals surface area contributed by atoms with Crippen LogP contribution in [0.4, 0.5) is 0 Å². The second kappa shape index (κ2) is 6.74. The number of nitrogens with zero attached hydrogens (tertiary/aromatic N) is 2. The summed E-state index contributed by atoms with van der Waals surface area (Å²) in [5, 5.41) is 13.7. The van der Waals surface area contributed by atoms with Crippen LogP contribution in [-0.2, 0) is 11.2 Å². The van der Waals surface area contributed by atoms with E-state index in [9.17, 15) is 10.2 Å². The van der Waals surface area contributed by atoms with Crippen molar-refractivity contribution in [1.29, 1.82) is 5.26 Å². The first-order chi connectivity index (χ1) is 11.2. The second-order valence-corrected chi connectivity index (χ2v) is 7.01. The van der Waals surface area contributed by atoms with Crippen molar-refractivity contribution in [2.24, 2.45) is 5.18 Å². The molecule has 0 aliphatic carbocycles. The standard InChI is InChI=1S/C18H15ClN2OS/c19-14-7-6-13-11-23-17-5-2-1-4-15(17)18(12-20,16(13)10-14)8-3-9-21-22/h1-2,4-7,10H,3,8-9,11H2. The molecule has 0 radical (unpaired) electrons. The first kappa shape index (κ1) is 16.0. The maximum atomic E-state index is 10.5. The molecule has 0 N–H and O–H groups in total. The quantitative estimate of drug-likeness (QED) is 0.559. The Balaban J connectivity index is 2.23. The number of benzene rings is 2. The lowest BCUT2D eigenvalue weighted by Crippen LogP contribution is -2.27. The van der Waals surface area contributed by atoms with Gasteiger partial charge >= 0.3 is 0 Å². The Morgan fingerprint density at radius 1 is 1.26 bits per heavy atom. The van der Waals surface area contributed by atoms with Crippen molar-refractivity contribution in [3.05, 3.63) is 69.1 Å². The highest BCUT2D eigenvalue weighted by atomic mass is 35.5. The van der Waals surface area contributed by atoms with Crippen molar-refractivity contribution in [2.45, 2.75) is 28.9 Å². The third-order valence-corrected chi connectivity index (χ3v) is 5.61. The first-order valence-corrected chi connectivity index (χ1v) is 8.79. The zero-order valence-corrected chi connectivity index (χ0v) is 14.0. The van der Waals surface area contributed by atoms with E-state index >= 15 is 0 Å². The minimum absolute atomic E-state index is 0.217. The highest BCUT2D eigenvalue weighted by Crippen LogP contribution is 2.47. The van der Waals surface area contributed by atoms with Crippen LogP contribution in [0.1, 0.15) is 29.5 Å². The molecule has 0 amide bonds. The van der Waals surface area contributed by atoms with E-state index in [1.807, 2.05) is 36.4 Å².